The van der Waals surface area contributed by atoms with E-state index in [-0.39, 0.29) is 11.3 Å². The molecule has 0 saturated carbocycles. The van der Waals surface area contributed by atoms with Crippen LogP contribution in [0.1, 0.15) is 25.0 Å². The standard InChI is InChI=1S/C10H13NO4S/c1-7-4-5-8(9(6-7)11(12)13)10(2,3)16(14)15/h4-6,16H,1-3H3. The molecule has 0 N–H and O–H groups in total. The zero-order valence-corrected chi connectivity index (χ0v) is 10.2. The maximum Gasteiger partial charge on any atom is 0.274 e. The summed E-state index contributed by atoms with van der Waals surface area (Å²) in [5.74, 6) is 0. The number of rotatable bonds is 3. The van der Waals surface area contributed by atoms with Gasteiger partial charge in [0, 0.05) is 6.07 Å². The number of nitro groups is 1. The van der Waals surface area contributed by atoms with Gasteiger partial charge in [-0.25, -0.2) is 8.42 Å². The fourth-order valence-corrected chi connectivity index (χ4v) is 1.79. The Morgan fingerprint density at radius 1 is 1.31 bits per heavy atom. The summed E-state index contributed by atoms with van der Waals surface area (Å²) in [6.45, 7) is 4.63. The summed E-state index contributed by atoms with van der Waals surface area (Å²) in [6, 6.07) is 4.55. The normalized spacial score (nSPS) is 11.8. The maximum absolute atomic E-state index is 11.1. The van der Waals surface area contributed by atoms with Crippen LogP contribution in [0, 0.1) is 17.0 Å². The summed E-state index contributed by atoms with van der Waals surface area (Å²) in [5.41, 5.74) is 0.802. The molecule has 0 saturated heterocycles. The SMILES string of the molecule is Cc1ccc(C(C)(C)[SH](=O)=O)c([N+](=O)[O-])c1. The minimum atomic E-state index is -2.78. The summed E-state index contributed by atoms with van der Waals surface area (Å²) in [5, 5.41) is 10.9. The van der Waals surface area contributed by atoms with Crippen molar-refractivity contribution in [3.63, 3.8) is 0 Å². The number of hydrogen-bond donors (Lipinski definition) is 1. The highest BCUT2D eigenvalue weighted by molar-refractivity contribution is 7.73. The Kier molecular flexibility index (Phi) is 3.32. The summed E-state index contributed by atoms with van der Waals surface area (Å²) < 4.78 is 21.0. The number of hydrogen-bond acceptors (Lipinski definition) is 4. The zero-order chi connectivity index (χ0) is 12.5. The molecule has 16 heavy (non-hydrogen) atoms. The average molecular weight is 243 g/mol. The van der Waals surface area contributed by atoms with Gasteiger partial charge in [-0.15, -0.1) is 0 Å². The van der Waals surface area contributed by atoms with Crippen LogP contribution in [-0.2, 0) is 15.5 Å². The first-order valence-corrected chi connectivity index (χ1v) is 5.84. The maximum atomic E-state index is 11.1. The van der Waals surface area contributed by atoms with E-state index in [1.54, 1.807) is 13.0 Å². The van der Waals surface area contributed by atoms with Crippen LogP contribution >= 0.6 is 0 Å². The lowest BCUT2D eigenvalue weighted by Crippen LogP contribution is -2.20. The van der Waals surface area contributed by atoms with E-state index in [0.717, 1.165) is 5.56 Å². The van der Waals surface area contributed by atoms with Crippen LogP contribution in [0.15, 0.2) is 18.2 Å². The van der Waals surface area contributed by atoms with Crippen LogP contribution in [-0.4, -0.2) is 13.3 Å². The van der Waals surface area contributed by atoms with Gasteiger partial charge in [0.25, 0.3) is 5.69 Å². The Balaban J connectivity index is 3.51. The van der Waals surface area contributed by atoms with Crippen molar-refractivity contribution >= 4 is 16.4 Å². The molecule has 0 spiro atoms. The summed E-state index contributed by atoms with van der Waals surface area (Å²) in [7, 11) is -2.78. The number of nitro benzene ring substituents is 1. The molecule has 88 valence electrons. The first-order chi connectivity index (χ1) is 7.26. The largest absolute Gasteiger partial charge is 0.274 e. The molecule has 0 heterocycles. The molecule has 6 heteroatoms. The Morgan fingerprint density at radius 2 is 1.88 bits per heavy atom. The lowest BCUT2D eigenvalue weighted by atomic mass is 9.99. The molecular formula is C10H13NO4S. The molecule has 0 bridgehead atoms. The molecule has 0 amide bonds. The predicted molar refractivity (Wildman–Crippen MR) is 61.2 cm³/mol. The molecule has 1 aromatic rings. The van der Waals surface area contributed by atoms with Gasteiger partial charge in [-0.1, -0.05) is 12.1 Å². The van der Waals surface area contributed by atoms with Gasteiger partial charge in [0.05, 0.1) is 15.2 Å². The van der Waals surface area contributed by atoms with Crippen molar-refractivity contribution < 1.29 is 13.3 Å². The van der Waals surface area contributed by atoms with Crippen LogP contribution in [0.4, 0.5) is 5.69 Å². The van der Waals surface area contributed by atoms with Gasteiger partial charge in [-0.2, -0.15) is 0 Å². The summed E-state index contributed by atoms with van der Waals surface area (Å²) >= 11 is 0. The molecule has 0 aliphatic rings. The van der Waals surface area contributed by atoms with Crippen molar-refractivity contribution in [3.8, 4) is 0 Å². The quantitative estimate of drug-likeness (QED) is 0.498. The number of thiol groups is 1. The van der Waals surface area contributed by atoms with Crippen molar-refractivity contribution in [3.05, 3.63) is 39.4 Å². The average Bonchev–Trinajstić information content (AvgIpc) is 2.16. The van der Waals surface area contributed by atoms with Crippen LogP contribution < -0.4 is 0 Å². The van der Waals surface area contributed by atoms with Gasteiger partial charge < -0.3 is 0 Å². The van der Waals surface area contributed by atoms with Crippen molar-refractivity contribution in [1.29, 1.82) is 0 Å². The van der Waals surface area contributed by atoms with E-state index in [9.17, 15) is 18.5 Å². The Labute approximate surface area is 95.2 Å². The molecule has 0 aliphatic heterocycles. The highest BCUT2D eigenvalue weighted by atomic mass is 32.2. The second kappa shape index (κ2) is 4.21. The van der Waals surface area contributed by atoms with E-state index in [4.69, 9.17) is 0 Å². The third-order valence-electron chi connectivity index (χ3n) is 2.47. The monoisotopic (exact) mass is 243 g/mol. The highest BCUT2D eigenvalue weighted by Crippen LogP contribution is 2.32. The van der Waals surface area contributed by atoms with Crippen molar-refractivity contribution in [2.75, 3.05) is 0 Å². The number of benzene rings is 1. The van der Waals surface area contributed by atoms with Gasteiger partial charge in [0.1, 0.15) is 10.7 Å². The molecule has 0 atom stereocenters. The third kappa shape index (κ3) is 2.21. The van der Waals surface area contributed by atoms with Gasteiger partial charge in [-0.05, 0) is 26.3 Å². The minimum Gasteiger partial charge on any atom is -0.258 e. The number of nitrogens with zero attached hydrogens (tertiary/aromatic N) is 1. The number of aryl methyl sites for hydroxylation is 1. The first-order valence-electron chi connectivity index (χ1n) is 4.67. The second-order valence-corrected chi connectivity index (χ2v) is 5.73. The van der Waals surface area contributed by atoms with Crippen LogP contribution in [0.25, 0.3) is 0 Å². The summed E-state index contributed by atoms with van der Waals surface area (Å²) in [6.07, 6.45) is 0. The van der Waals surface area contributed by atoms with Crippen molar-refractivity contribution in [2.45, 2.75) is 25.5 Å². The van der Waals surface area contributed by atoms with Crippen LogP contribution in [0.5, 0.6) is 0 Å². The van der Waals surface area contributed by atoms with E-state index < -0.39 is 20.4 Å². The van der Waals surface area contributed by atoms with Crippen molar-refractivity contribution in [1.82, 2.24) is 0 Å². The van der Waals surface area contributed by atoms with Gasteiger partial charge in [-0.3, -0.25) is 10.1 Å². The minimum absolute atomic E-state index is 0.149. The summed E-state index contributed by atoms with van der Waals surface area (Å²) in [4.78, 5) is 10.3. The first kappa shape index (κ1) is 12.6. The van der Waals surface area contributed by atoms with Gasteiger partial charge >= 0.3 is 0 Å². The Hall–Kier alpha value is -1.43. The molecule has 1 aromatic carbocycles. The molecular weight excluding hydrogens is 230 g/mol. The third-order valence-corrected chi connectivity index (χ3v) is 3.62. The van der Waals surface area contributed by atoms with E-state index >= 15 is 0 Å². The highest BCUT2D eigenvalue weighted by Gasteiger charge is 2.31. The zero-order valence-electron chi connectivity index (χ0n) is 9.26. The predicted octanol–water partition coefficient (Wildman–Crippen LogP) is 1.75. The van der Waals surface area contributed by atoms with Gasteiger partial charge in [0.2, 0.25) is 0 Å². The molecule has 0 aromatic heterocycles. The lowest BCUT2D eigenvalue weighted by Gasteiger charge is -2.17. The fourth-order valence-electron chi connectivity index (χ4n) is 1.41. The Bertz CT molecular complexity index is 498. The fraction of sp³-hybridized carbons (Fsp3) is 0.400. The van der Waals surface area contributed by atoms with Gasteiger partial charge in [0.15, 0.2) is 0 Å². The molecule has 5 nitrogen and oxygen atoms in total. The van der Waals surface area contributed by atoms with E-state index in [2.05, 4.69) is 0 Å². The molecule has 0 aliphatic carbocycles. The molecule has 0 radical (unpaired) electrons. The second-order valence-electron chi connectivity index (χ2n) is 4.09. The molecule has 1 rings (SSSR count). The van der Waals surface area contributed by atoms with E-state index in [1.165, 1.54) is 26.0 Å². The van der Waals surface area contributed by atoms with E-state index in [0.29, 0.717) is 0 Å². The van der Waals surface area contributed by atoms with Crippen molar-refractivity contribution in [2.24, 2.45) is 0 Å². The molecule has 0 fully saturated rings. The lowest BCUT2D eigenvalue weighted by molar-refractivity contribution is -0.385. The molecule has 0 unspecified atom stereocenters. The smallest absolute Gasteiger partial charge is 0.258 e. The van der Waals surface area contributed by atoms with Crippen LogP contribution in [0.3, 0.4) is 0 Å². The topological polar surface area (TPSA) is 77.3 Å². The van der Waals surface area contributed by atoms with E-state index in [1.807, 2.05) is 0 Å². The Morgan fingerprint density at radius 3 is 2.31 bits per heavy atom. The van der Waals surface area contributed by atoms with Crippen LogP contribution in [0.2, 0.25) is 0 Å².